The van der Waals surface area contributed by atoms with Crippen molar-refractivity contribution in [1.29, 1.82) is 0 Å². The highest BCUT2D eigenvalue weighted by molar-refractivity contribution is 5.75. The molecule has 1 atom stereocenters. The number of carbonyl (C=O) groups excluding carboxylic acids is 1. The molecule has 0 saturated carbocycles. The molecule has 0 heterocycles. The molecular formula is C12H26N2O2. The molecule has 16 heavy (non-hydrogen) atoms. The van der Waals surface area contributed by atoms with Gasteiger partial charge in [-0.3, -0.25) is 4.79 Å². The van der Waals surface area contributed by atoms with Crippen LogP contribution in [0, 0.1) is 0 Å². The zero-order valence-corrected chi connectivity index (χ0v) is 11.1. The average molecular weight is 230 g/mol. The molecule has 0 aliphatic rings. The molecule has 0 radical (unpaired) electrons. The zero-order chi connectivity index (χ0) is 12.6. The number of likely N-dealkylation sites (N-methyl/N-ethyl adjacent to an activating group) is 2. The second-order valence-corrected chi connectivity index (χ2v) is 4.16. The highest BCUT2D eigenvalue weighted by Gasteiger charge is 2.14. The number of aliphatic hydroxyl groups excluding tert-OH is 1. The van der Waals surface area contributed by atoms with Crippen molar-refractivity contribution in [3.63, 3.8) is 0 Å². The molecule has 0 spiro atoms. The Morgan fingerprint density at radius 1 is 1.19 bits per heavy atom. The first-order valence-corrected chi connectivity index (χ1v) is 6.19. The van der Waals surface area contributed by atoms with E-state index in [9.17, 15) is 9.90 Å². The largest absolute Gasteiger partial charge is 0.390 e. The molecule has 96 valence electrons. The second-order valence-electron chi connectivity index (χ2n) is 4.16. The molecule has 1 N–H and O–H groups in total. The van der Waals surface area contributed by atoms with Crippen molar-refractivity contribution in [3.05, 3.63) is 0 Å². The summed E-state index contributed by atoms with van der Waals surface area (Å²) in [5.74, 6) is 0.112. The lowest BCUT2D eigenvalue weighted by Gasteiger charge is -2.25. The number of hydrogen-bond donors (Lipinski definition) is 1. The molecule has 0 aromatic rings. The van der Waals surface area contributed by atoms with Gasteiger partial charge in [0.25, 0.3) is 0 Å². The van der Waals surface area contributed by atoms with E-state index in [2.05, 4.69) is 18.7 Å². The minimum atomic E-state index is -0.453. The topological polar surface area (TPSA) is 43.8 Å². The van der Waals surface area contributed by atoms with E-state index < -0.39 is 6.10 Å². The van der Waals surface area contributed by atoms with Crippen LogP contribution in [0.15, 0.2) is 0 Å². The number of hydrogen-bond acceptors (Lipinski definition) is 3. The van der Waals surface area contributed by atoms with Gasteiger partial charge in [0.05, 0.1) is 6.10 Å². The van der Waals surface area contributed by atoms with Crippen molar-refractivity contribution in [2.75, 3.05) is 33.2 Å². The summed E-state index contributed by atoms with van der Waals surface area (Å²) < 4.78 is 0. The molecule has 0 bridgehead atoms. The number of aliphatic hydroxyl groups is 1. The third-order valence-electron chi connectivity index (χ3n) is 2.74. The molecule has 0 aliphatic carbocycles. The average Bonchev–Trinajstić information content (AvgIpc) is 2.26. The van der Waals surface area contributed by atoms with E-state index in [0.29, 0.717) is 19.5 Å². The highest BCUT2D eigenvalue weighted by atomic mass is 16.3. The first-order chi connectivity index (χ1) is 7.54. The van der Waals surface area contributed by atoms with Crippen molar-refractivity contribution >= 4 is 5.91 Å². The molecule has 0 rings (SSSR count). The fraction of sp³-hybridized carbons (Fsp3) is 0.917. The third kappa shape index (κ3) is 6.08. The SMILES string of the molecule is CCCC(=O)N(C)CC(O)CN(CC)CC. The normalized spacial score (nSPS) is 12.9. The van der Waals surface area contributed by atoms with E-state index in [1.54, 1.807) is 11.9 Å². The third-order valence-corrected chi connectivity index (χ3v) is 2.74. The van der Waals surface area contributed by atoms with E-state index in [4.69, 9.17) is 0 Å². The van der Waals surface area contributed by atoms with Crippen molar-refractivity contribution < 1.29 is 9.90 Å². The van der Waals surface area contributed by atoms with Crippen LogP contribution in [-0.4, -0.2) is 60.1 Å². The van der Waals surface area contributed by atoms with E-state index in [0.717, 1.165) is 19.5 Å². The lowest BCUT2D eigenvalue weighted by atomic mass is 10.2. The van der Waals surface area contributed by atoms with Crippen LogP contribution in [0.5, 0.6) is 0 Å². The fourth-order valence-corrected chi connectivity index (χ4v) is 1.66. The van der Waals surface area contributed by atoms with E-state index >= 15 is 0 Å². The maximum Gasteiger partial charge on any atom is 0.222 e. The van der Waals surface area contributed by atoms with Gasteiger partial charge in [-0.1, -0.05) is 20.8 Å². The van der Waals surface area contributed by atoms with Gasteiger partial charge in [0.2, 0.25) is 5.91 Å². The standard InChI is InChI=1S/C12H26N2O2/c1-5-8-12(16)13(4)9-11(15)10-14(6-2)7-3/h11,15H,5-10H2,1-4H3. The number of rotatable bonds is 8. The molecule has 0 aromatic carbocycles. The summed E-state index contributed by atoms with van der Waals surface area (Å²) in [6.45, 7) is 9.05. The first-order valence-electron chi connectivity index (χ1n) is 6.19. The smallest absolute Gasteiger partial charge is 0.222 e. The lowest BCUT2D eigenvalue weighted by Crippen LogP contribution is -2.40. The molecule has 4 nitrogen and oxygen atoms in total. The van der Waals surface area contributed by atoms with Crippen LogP contribution in [0.2, 0.25) is 0 Å². The Morgan fingerprint density at radius 3 is 2.19 bits per heavy atom. The van der Waals surface area contributed by atoms with Gasteiger partial charge in [0.1, 0.15) is 0 Å². The lowest BCUT2D eigenvalue weighted by molar-refractivity contribution is -0.131. The molecule has 4 heteroatoms. The van der Waals surface area contributed by atoms with Crippen molar-refractivity contribution in [2.45, 2.75) is 39.7 Å². The molecule has 1 unspecified atom stereocenters. The molecule has 0 fully saturated rings. The van der Waals surface area contributed by atoms with Crippen LogP contribution < -0.4 is 0 Å². The monoisotopic (exact) mass is 230 g/mol. The van der Waals surface area contributed by atoms with Gasteiger partial charge >= 0.3 is 0 Å². The number of amides is 1. The van der Waals surface area contributed by atoms with Gasteiger partial charge in [-0.25, -0.2) is 0 Å². The van der Waals surface area contributed by atoms with Gasteiger partial charge in [-0.05, 0) is 19.5 Å². The summed E-state index contributed by atoms with van der Waals surface area (Å²) in [6, 6.07) is 0. The summed E-state index contributed by atoms with van der Waals surface area (Å²) in [5, 5.41) is 9.83. The zero-order valence-electron chi connectivity index (χ0n) is 11.1. The maximum absolute atomic E-state index is 11.5. The van der Waals surface area contributed by atoms with Gasteiger partial charge in [0, 0.05) is 26.6 Å². The van der Waals surface area contributed by atoms with Gasteiger partial charge < -0.3 is 14.9 Å². The highest BCUT2D eigenvalue weighted by Crippen LogP contribution is 1.99. The van der Waals surface area contributed by atoms with Gasteiger partial charge in [0.15, 0.2) is 0 Å². The van der Waals surface area contributed by atoms with Crippen molar-refractivity contribution in [3.8, 4) is 0 Å². The molecular weight excluding hydrogens is 204 g/mol. The van der Waals surface area contributed by atoms with Gasteiger partial charge in [-0.15, -0.1) is 0 Å². The van der Waals surface area contributed by atoms with Gasteiger partial charge in [-0.2, -0.15) is 0 Å². The molecule has 0 aliphatic heterocycles. The van der Waals surface area contributed by atoms with Crippen LogP contribution in [0.1, 0.15) is 33.6 Å². The van der Waals surface area contributed by atoms with Crippen LogP contribution in [-0.2, 0) is 4.79 Å². The van der Waals surface area contributed by atoms with Crippen LogP contribution in [0.25, 0.3) is 0 Å². The summed E-state index contributed by atoms with van der Waals surface area (Å²) >= 11 is 0. The molecule has 1 amide bonds. The molecule has 0 saturated heterocycles. The number of nitrogens with zero attached hydrogens (tertiary/aromatic N) is 2. The Kier molecular flexibility index (Phi) is 8.21. The summed E-state index contributed by atoms with van der Waals surface area (Å²) in [4.78, 5) is 15.3. The first kappa shape index (κ1) is 15.4. The minimum absolute atomic E-state index is 0.112. The Labute approximate surface area is 99.2 Å². The summed E-state index contributed by atoms with van der Waals surface area (Å²) in [7, 11) is 1.75. The predicted octanol–water partition coefficient (Wildman–Crippen LogP) is 0.948. The van der Waals surface area contributed by atoms with E-state index in [1.807, 2.05) is 6.92 Å². The maximum atomic E-state index is 11.5. The fourth-order valence-electron chi connectivity index (χ4n) is 1.66. The predicted molar refractivity (Wildman–Crippen MR) is 66.3 cm³/mol. The van der Waals surface area contributed by atoms with E-state index in [1.165, 1.54) is 0 Å². The number of carbonyl (C=O) groups is 1. The Hall–Kier alpha value is -0.610. The Morgan fingerprint density at radius 2 is 1.75 bits per heavy atom. The van der Waals surface area contributed by atoms with Crippen LogP contribution in [0.3, 0.4) is 0 Å². The molecule has 0 aromatic heterocycles. The van der Waals surface area contributed by atoms with Crippen molar-refractivity contribution in [1.82, 2.24) is 9.80 Å². The quantitative estimate of drug-likeness (QED) is 0.675. The van der Waals surface area contributed by atoms with E-state index in [-0.39, 0.29) is 5.91 Å². The Bertz CT molecular complexity index is 193. The minimum Gasteiger partial charge on any atom is -0.390 e. The van der Waals surface area contributed by atoms with Crippen molar-refractivity contribution in [2.24, 2.45) is 0 Å². The summed E-state index contributed by atoms with van der Waals surface area (Å²) in [6.07, 6.45) is 0.967. The van der Waals surface area contributed by atoms with Crippen LogP contribution >= 0.6 is 0 Å². The summed E-state index contributed by atoms with van der Waals surface area (Å²) in [5.41, 5.74) is 0. The Balaban J connectivity index is 3.93. The second kappa shape index (κ2) is 8.53. The van der Waals surface area contributed by atoms with Crippen LogP contribution in [0.4, 0.5) is 0 Å².